The fourth-order valence-corrected chi connectivity index (χ4v) is 2.89. The minimum atomic E-state index is 0. The molecule has 0 radical (unpaired) electrons. The van der Waals surface area contributed by atoms with E-state index in [-0.39, 0.29) is 12.4 Å². The molecule has 0 aliphatic heterocycles. The summed E-state index contributed by atoms with van der Waals surface area (Å²) in [5, 5.41) is 16.3. The Labute approximate surface area is 151 Å². The van der Waals surface area contributed by atoms with E-state index >= 15 is 0 Å². The second-order valence-electron chi connectivity index (χ2n) is 4.65. The fraction of sp³-hybridized carbons (Fsp3) is 0.500. The summed E-state index contributed by atoms with van der Waals surface area (Å²) in [6.07, 6.45) is 1.03. The van der Waals surface area contributed by atoms with E-state index in [1.165, 1.54) is 0 Å². The number of halogens is 2. The predicted octanol–water partition coefficient (Wildman–Crippen LogP) is -0.462. The lowest BCUT2D eigenvalue weighted by molar-refractivity contribution is -0.00000522. The molecule has 1 N–H and O–H groups in total. The average Bonchev–Trinajstić information content (AvgIpc) is 2.91. The summed E-state index contributed by atoms with van der Waals surface area (Å²) in [5.74, 6) is 1.86. The summed E-state index contributed by atoms with van der Waals surface area (Å²) in [4.78, 5) is 0. The molecule has 0 saturated heterocycles. The van der Waals surface area contributed by atoms with Crippen molar-refractivity contribution in [1.82, 2.24) is 25.5 Å². The molecular weight excluding hydrogens is 357 g/mol. The van der Waals surface area contributed by atoms with Gasteiger partial charge in [-0.05, 0) is 48.5 Å². The van der Waals surface area contributed by atoms with Crippen LogP contribution in [0.2, 0.25) is 5.02 Å². The zero-order valence-corrected chi connectivity index (χ0v) is 15.5. The van der Waals surface area contributed by atoms with Crippen LogP contribution in [0, 0.1) is 0 Å². The van der Waals surface area contributed by atoms with Gasteiger partial charge in [0.15, 0.2) is 0 Å². The van der Waals surface area contributed by atoms with Gasteiger partial charge in [0.1, 0.15) is 5.75 Å². The average molecular weight is 377 g/mol. The van der Waals surface area contributed by atoms with E-state index in [9.17, 15) is 0 Å². The van der Waals surface area contributed by atoms with Crippen molar-refractivity contribution in [2.45, 2.75) is 25.0 Å². The number of nitrogens with one attached hydrogen (secondary N) is 1. The fourth-order valence-electron chi connectivity index (χ4n) is 1.91. The van der Waals surface area contributed by atoms with Crippen molar-refractivity contribution in [1.29, 1.82) is 0 Å². The molecule has 1 heterocycles. The highest BCUT2D eigenvalue weighted by Gasteiger charge is 2.05. The first-order chi connectivity index (χ1) is 10.7. The van der Waals surface area contributed by atoms with Gasteiger partial charge in [-0.15, -0.1) is 5.10 Å². The maximum atomic E-state index is 6.04. The molecule has 1 aromatic carbocycles. The number of ether oxygens (including phenoxy) is 1. The molecule has 0 unspecified atom stereocenters. The third-order valence-corrected chi connectivity index (χ3v) is 4.28. The number of hydrogen-bond acceptors (Lipinski definition) is 6. The number of aryl methyl sites for hydroxylation is 1. The zero-order chi connectivity index (χ0) is 15.8. The Bertz CT molecular complexity index is 596. The van der Waals surface area contributed by atoms with Crippen molar-refractivity contribution in [2.75, 3.05) is 18.9 Å². The van der Waals surface area contributed by atoms with E-state index in [4.69, 9.17) is 16.3 Å². The Morgan fingerprint density at radius 2 is 2.22 bits per heavy atom. The number of rotatable bonds is 9. The maximum absolute atomic E-state index is 6.04. The third-order valence-electron chi connectivity index (χ3n) is 2.95. The first-order valence-corrected chi connectivity index (χ1v) is 8.54. The summed E-state index contributed by atoms with van der Waals surface area (Å²) in [6.45, 7) is 4.28. The molecule has 23 heavy (non-hydrogen) atoms. The SMILES string of the molecule is CCOc1ccc(Cl)cc1CNCCCSc1nnnn1C.[Cl-]. The summed E-state index contributed by atoms with van der Waals surface area (Å²) < 4.78 is 7.28. The first-order valence-electron chi connectivity index (χ1n) is 7.17. The van der Waals surface area contributed by atoms with E-state index in [1.54, 1.807) is 16.4 Å². The Morgan fingerprint density at radius 3 is 2.91 bits per heavy atom. The van der Waals surface area contributed by atoms with Gasteiger partial charge in [-0.2, -0.15) is 0 Å². The summed E-state index contributed by atoms with van der Waals surface area (Å²) in [5.41, 5.74) is 1.08. The lowest BCUT2D eigenvalue weighted by Crippen LogP contribution is -3.00. The van der Waals surface area contributed by atoms with Crippen LogP contribution < -0.4 is 22.5 Å². The molecule has 9 heteroatoms. The molecule has 6 nitrogen and oxygen atoms in total. The van der Waals surface area contributed by atoms with Crippen molar-refractivity contribution >= 4 is 23.4 Å². The molecular formula is C14H20Cl2N5OS-. The number of nitrogens with zero attached hydrogens (tertiary/aromatic N) is 4. The second kappa shape index (κ2) is 10.7. The third kappa shape index (κ3) is 6.55. The van der Waals surface area contributed by atoms with Crippen LogP contribution in [0.1, 0.15) is 18.9 Å². The van der Waals surface area contributed by atoms with Gasteiger partial charge < -0.3 is 22.5 Å². The highest BCUT2D eigenvalue weighted by molar-refractivity contribution is 7.99. The maximum Gasteiger partial charge on any atom is 0.209 e. The molecule has 0 atom stereocenters. The van der Waals surface area contributed by atoms with Gasteiger partial charge in [-0.25, -0.2) is 4.68 Å². The lowest BCUT2D eigenvalue weighted by Gasteiger charge is -2.11. The van der Waals surface area contributed by atoms with Gasteiger partial charge >= 0.3 is 0 Å². The number of aromatic nitrogens is 4. The standard InChI is InChI=1S/C14H20ClN5OS.ClH/c1-3-21-13-6-5-12(15)9-11(13)10-16-7-4-8-22-14-17-18-19-20(14)2;/h5-6,9,16H,3-4,7-8,10H2,1-2H3;1H/p-1. The van der Waals surface area contributed by atoms with Crippen LogP contribution in [0.25, 0.3) is 0 Å². The summed E-state index contributed by atoms with van der Waals surface area (Å²) in [6, 6.07) is 5.71. The molecule has 0 saturated carbocycles. The predicted molar refractivity (Wildman–Crippen MR) is 88.5 cm³/mol. The molecule has 0 fully saturated rings. The first kappa shape index (κ1) is 20.0. The van der Waals surface area contributed by atoms with Crippen LogP contribution in [-0.2, 0) is 13.6 Å². The summed E-state index contributed by atoms with van der Waals surface area (Å²) in [7, 11) is 1.84. The Hall–Kier alpha value is -1.02. The number of thioether (sulfide) groups is 1. The molecule has 1 aromatic heterocycles. The lowest BCUT2D eigenvalue weighted by atomic mass is 10.2. The molecule has 0 aliphatic carbocycles. The number of tetrazole rings is 1. The smallest absolute Gasteiger partial charge is 0.209 e. The van der Waals surface area contributed by atoms with Crippen molar-refractivity contribution in [3.05, 3.63) is 28.8 Å². The van der Waals surface area contributed by atoms with Crippen molar-refractivity contribution in [3.8, 4) is 5.75 Å². The van der Waals surface area contributed by atoms with Gasteiger partial charge in [0.05, 0.1) is 6.61 Å². The van der Waals surface area contributed by atoms with E-state index in [1.807, 2.05) is 32.2 Å². The highest BCUT2D eigenvalue weighted by atomic mass is 35.5. The minimum absolute atomic E-state index is 0. The van der Waals surface area contributed by atoms with Crippen LogP contribution in [0.5, 0.6) is 5.75 Å². The van der Waals surface area contributed by atoms with Gasteiger partial charge in [0, 0.05) is 29.9 Å². The molecule has 128 valence electrons. The van der Waals surface area contributed by atoms with E-state index in [0.29, 0.717) is 6.61 Å². The van der Waals surface area contributed by atoms with E-state index < -0.39 is 0 Å². The quantitative estimate of drug-likeness (QED) is 0.471. The van der Waals surface area contributed by atoms with Crippen LogP contribution >= 0.6 is 23.4 Å². The Morgan fingerprint density at radius 1 is 1.39 bits per heavy atom. The topological polar surface area (TPSA) is 64.9 Å². The number of hydrogen-bond donors (Lipinski definition) is 1. The molecule has 2 aromatic rings. The van der Waals surface area contributed by atoms with Crippen molar-refractivity contribution in [2.24, 2.45) is 7.05 Å². The molecule has 0 spiro atoms. The molecule has 2 rings (SSSR count). The Balaban J connectivity index is 0.00000264. The summed E-state index contributed by atoms with van der Waals surface area (Å²) >= 11 is 7.70. The minimum Gasteiger partial charge on any atom is -1.00 e. The number of benzene rings is 1. The van der Waals surface area contributed by atoms with E-state index in [2.05, 4.69) is 20.8 Å². The normalized spacial score (nSPS) is 10.4. The van der Waals surface area contributed by atoms with Crippen molar-refractivity contribution < 1.29 is 17.1 Å². The molecule has 0 amide bonds. The van der Waals surface area contributed by atoms with Gasteiger partial charge in [-0.1, -0.05) is 23.4 Å². The van der Waals surface area contributed by atoms with Crippen LogP contribution in [0.4, 0.5) is 0 Å². The largest absolute Gasteiger partial charge is 1.00 e. The van der Waals surface area contributed by atoms with Gasteiger partial charge in [0.25, 0.3) is 0 Å². The Kier molecular flexibility index (Phi) is 9.31. The van der Waals surface area contributed by atoms with Gasteiger partial charge in [-0.3, -0.25) is 0 Å². The molecule has 0 bridgehead atoms. The van der Waals surface area contributed by atoms with Crippen LogP contribution in [0.3, 0.4) is 0 Å². The molecule has 0 aliphatic rings. The van der Waals surface area contributed by atoms with Crippen molar-refractivity contribution in [3.63, 3.8) is 0 Å². The van der Waals surface area contributed by atoms with Gasteiger partial charge in [0.2, 0.25) is 5.16 Å². The second-order valence-corrected chi connectivity index (χ2v) is 6.15. The van der Waals surface area contributed by atoms with E-state index in [0.717, 1.165) is 46.8 Å². The highest BCUT2D eigenvalue weighted by Crippen LogP contribution is 2.22. The van der Waals surface area contributed by atoms with Crippen LogP contribution in [-0.4, -0.2) is 39.1 Å². The zero-order valence-electron chi connectivity index (χ0n) is 13.1. The van der Waals surface area contributed by atoms with Crippen LogP contribution in [0.15, 0.2) is 23.4 Å². The monoisotopic (exact) mass is 376 g/mol.